The van der Waals surface area contributed by atoms with E-state index in [9.17, 15) is 4.79 Å². The van der Waals surface area contributed by atoms with Crippen LogP contribution in [0.2, 0.25) is 0 Å². The Balaban J connectivity index is 1.69. The third-order valence-corrected chi connectivity index (χ3v) is 6.14. The predicted molar refractivity (Wildman–Crippen MR) is 79.5 cm³/mol. The summed E-state index contributed by atoms with van der Waals surface area (Å²) in [6.07, 6.45) is 6.71. The van der Waals surface area contributed by atoms with Crippen molar-refractivity contribution in [3.05, 3.63) is 35.4 Å². The first-order valence-corrected chi connectivity index (χ1v) is 8.06. The van der Waals surface area contributed by atoms with Gasteiger partial charge in [-0.2, -0.15) is 0 Å². The molecule has 1 saturated carbocycles. The summed E-state index contributed by atoms with van der Waals surface area (Å²) >= 11 is 0. The minimum Gasteiger partial charge on any atom is -0.351 e. The van der Waals surface area contributed by atoms with Gasteiger partial charge in [0.05, 0.1) is 0 Å². The molecule has 1 N–H and O–H groups in total. The summed E-state index contributed by atoms with van der Waals surface area (Å²) in [5.74, 6) is 2.43. The van der Waals surface area contributed by atoms with Crippen LogP contribution in [0.25, 0.3) is 0 Å². The summed E-state index contributed by atoms with van der Waals surface area (Å²) in [7, 11) is 0. The highest BCUT2D eigenvalue weighted by Crippen LogP contribution is 2.53. The van der Waals surface area contributed by atoms with Gasteiger partial charge in [0.1, 0.15) is 0 Å². The molecule has 2 heteroatoms. The molecule has 1 amide bonds. The van der Waals surface area contributed by atoms with Crippen molar-refractivity contribution < 1.29 is 4.79 Å². The first-order valence-electron chi connectivity index (χ1n) is 8.06. The highest BCUT2D eigenvalue weighted by Gasteiger charge is 2.50. The molecule has 106 valence electrons. The molecule has 2 nitrogen and oxygen atoms in total. The highest BCUT2D eigenvalue weighted by molar-refractivity contribution is 5.77. The average Bonchev–Trinajstić information content (AvgIpc) is 2.45. The minimum atomic E-state index is 0.0583. The van der Waals surface area contributed by atoms with E-state index in [4.69, 9.17) is 0 Å². The number of benzene rings is 1. The summed E-state index contributed by atoms with van der Waals surface area (Å²) in [5, 5.41) is 3.31. The second-order valence-electron chi connectivity index (χ2n) is 7.16. The number of carbonyl (C=O) groups is 1. The lowest BCUT2D eigenvalue weighted by Crippen LogP contribution is -2.60. The van der Waals surface area contributed by atoms with Crippen molar-refractivity contribution in [3.63, 3.8) is 0 Å². The first-order chi connectivity index (χ1) is 9.67. The fourth-order valence-electron chi connectivity index (χ4n) is 5.20. The van der Waals surface area contributed by atoms with Crippen molar-refractivity contribution >= 4 is 5.91 Å². The largest absolute Gasteiger partial charge is 0.351 e. The van der Waals surface area contributed by atoms with Gasteiger partial charge < -0.3 is 5.32 Å². The smallest absolute Gasteiger partial charge is 0.220 e. The number of fused-ring (bicyclic) bond motifs is 5. The van der Waals surface area contributed by atoms with Crippen molar-refractivity contribution in [2.45, 2.75) is 56.9 Å². The molecule has 1 aromatic rings. The summed E-state index contributed by atoms with van der Waals surface area (Å²) in [4.78, 5) is 11.8. The van der Waals surface area contributed by atoms with Crippen LogP contribution in [0.5, 0.6) is 0 Å². The maximum atomic E-state index is 11.8. The third kappa shape index (κ3) is 1.73. The Morgan fingerprint density at radius 1 is 1.15 bits per heavy atom. The maximum absolute atomic E-state index is 11.8. The molecule has 2 fully saturated rings. The van der Waals surface area contributed by atoms with Gasteiger partial charge in [-0.3, -0.25) is 4.79 Å². The van der Waals surface area contributed by atoms with E-state index in [2.05, 4.69) is 36.5 Å². The van der Waals surface area contributed by atoms with E-state index in [0.717, 1.165) is 31.1 Å². The van der Waals surface area contributed by atoms with E-state index in [1.165, 1.54) is 19.3 Å². The maximum Gasteiger partial charge on any atom is 0.220 e. The number of hydrogen-bond donors (Lipinski definition) is 1. The van der Waals surface area contributed by atoms with Crippen LogP contribution < -0.4 is 5.32 Å². The van der Waals surface area contributed by atoms with E-state index in [0.29, 0.717) is 5.92 Å². The zero-order valence-electron chi connectivity index (χ0n) is 12.2. The van der Waals surface area contributed by atoms with Gasteiger partial charge in [0.25, 0.3) is 0 Å². The van der Waals surface area contributed by atoms with E-state index in [-0.39, 0.29) is 11.4 Å². The molecule has 1 aromatic carbocycles. The summed E-state index contributed by atoms with van der Waals surface area (Å²) < 4.78 is 0. The molecule has 1 aliphatic heterocycles. The number of carbonyl (C=O) groups excluding carboxylic acids is 1. The van der Waals surface area contributed by atoms with Gasteiger partial charge in [-0.25, -0.2) is 0 Å². The molecule has 0 spiro atoms. The van der Waals surface area contributed by atoms with Gasteiger partial charge >= 0.3 is 0 Å². The molecule has 4 rings (SSSR count). The van der Waals surface area contributed by atoms with Crippen molar-refractivity contribution in [3.8, 4) is 0 Å². The standard InChI is InChI=1S/C18H23NO/c1-18-11-10-14-13-5-3-2-4-12(13)6-7-15(14)16(18)8-9-17(20)19-18/h2-5,14-16H,6-11H2,1H3,(H,19,20)/t14?,15?,16?,18-/m0/s1. The Morgan fingerprint density at radius 2 is 2.00 bits per heavy atom. The van der Waals surface area contributed by atoms with Crippen LogP contribution in [0, 0.1) is 11.8 Å². The lowest BCUT2D eigenvalue weighted by Gasteiger charge is -2.54. The first kappa shape index (κ1) is 12.4. The van der Waals surface area contributed by atoms with Crippen molar-refractivity contribution in [2.24, 2.45) is 11.8 Å². The molecule has 0 bridgehead atoms. The number of nitrogens with one attached hydrogen (secondary N) is 1. The highest BCUT2D eigenvalue weighted by atomic mass is 16.1. The number of amides is 1. The topological polar surface area (TPSA) is 29.1 Å². The fraction of sp³-hybridized carbons (Fsp3) is 0.611. The minimum absolute atomic E-state index is 0.0583. The second-order valence-corrected chi connectivity index (χ2v) is 7.16. The van der Waals surface area contributed by atoms with Crippen LogP contribution in [0.4, 0.5) is 0 Å². The molecule has 3 unspecified atom stereocenters. The van der Waals surface area contributed by atoms with Gasteiger partial charge in [-0.15, -0.1) is 0 Å². The van der Waals surface area contributed by atoms with Crippen LogP contribution in [0.3, 0.4) is 0 Å². The van der Waals surface area contributed by atoms with Gasteiger partial charge in [-0.1, -0.05) is 24.3 Å². The monoisotopic (exact) mass is 269 g/mol. The van der Waals surface area contributed by atoms with Gasteiger partial charge in [0, 0.05) is 12.0 Å². The Kier molecular flexibility index (Phi) is 2.70. The average molecular weight is 269 g/mol. The zero-order chi connectivity index (χ0) is 13.7. The lowest BCUT2D eigenvalue weighted by molar-refractivity contribution is -0.129. The summed E-state index contributed by atoms with van der Waals surface area (Å²) in [6.45, 7) is 2.28. The molecule has 1 saturated heterocycles. The van der Waals surface area contributed by atoms with Crippen molar-refractivity contribution in [1.29, 1.82) is 0 Å². The Labute approximate surface area is 121 Å². The van der Waals surface area contributed by atoms with Crippen molar-refractivity contribution in [2.75, 3.05) is 0 Å². The second kappa shape index (κ2) is 4.34. The van der Waals surface area contributed by atoms with E-state index in [1.54, 1.807) is 11.1 Å². The van der Waals surface area contributed by atoms with Crippen LogP contribution >= 0.6 is 0 Å². The van der Waals surface area contributed by atoms with Crippen LogP contribution in [-0.4, -0.2) is 11.4 Å². The summed E-state index contributed by atoms with van der Waals surface area (Å²) in [5.41, 5.74) is 3.22. The number of hydrogen-bond acceptors (Lipinski definition) is 1. The molecule has 4 atom stereocenters. The Morgan fingerprint density at radius 3 is 2.90 bits per heavy atom. The number of rotatable bonds is 0. The molecular weight excluding hydrogens is 246 g/mol. The van der Waals surface area contributed by atoms with Crippen molar-refractivity contribution in [1.82, 2.24) is 5.32 Å². The van der Waals surface area contributed by atoms with E-state index < -0.39 is 0 Å². The number of piperidine rings is 1. The fourth-order valence-corrected chi connectivity index (χ4v) is 5.20. The molecule has 3 aliphatic rings. The van der Waals surface area contributed by atoms with Gasteiger partial charge in [0.15, 0.2) is 0 Å². The molecule has 2 aliphatic carbocycles. The Bertz CT molecular complexity index is 552. The molecule has 1 heterocycles. The SMILES string of the molecule is C[C@]12CCC3c4ccccc4CCC3C1CCC(=O)N2. The Hall–Kier alpha value is -1.31. The molecule has 0 aromatic heterocycles. The van der Waals surface area contributed by atoms with E-state index in [1.807, 2.05) is 0 Å². The number of aryl methyl sites for hydroxylation is 1. The van der Waals surface area contributed by atoms with Crippen LogP contribution in [-0.2, 0) is 11.2 Å². The van der Waals surface area contributed by atoms with Crippen LogP contribution in [0.15, 0.2) is 24.3 Å². The molecular formula is C18H23NO. The zero-order valence-corrected chi connectivity index (χ0v) is 12.2. The predicted octanol–water partition coefficient (Wildman–Crippen LogP) is 3.41. The normalized spacial score (nSPS) is 39.2. The van der Waals surface area contributed by atoms with Crippen LogP contribution in [0.1, 0.15) is 56.1 Å². The molecule has 20 heavy (non-hydrogen) atoms. The van der Waals surface area contributed by atoms with Gasteiger partial charge in [0.2, 0.25) is 5.91 Å². The van der Waals surface area contributed by atoms with Gasteiger partial charge in [-0.05, 0) is 67.9 Å². The summed E-state index contributed by atoms with van der Waals surface area (Å²) in [6, 6.07) is 9.02. The lowest BCUT2D eigenvalue weighted by atomic mass is 9.56. The molecule has 0 radical (unpaired) electrons. The third-order valence-electron chi connectivity index (χ3n) is 6.14. The van der Waals surface area contributed by atoms with E-state index >= 15 is 0 Å². The quantitative estimate of drug-likeness (QED) is 0.768.